The number of hydrogen-bond donors (Lipinski definition) is 3. The molecule has 9 heteroatoms. The molecule has 0 spiro atoms. The zero-order chi connectivity index (χ0) is 25.4. The second-order valence-corrected chi connectivity index (χ2v) is 8.40. The Kier molecular flexibility index (Phi) is 6.47. The Morgan fingerprint density at radius 1 is 1.06 bits per heavy atom. The van der Waals surface area contributed by atoms with Gasteiger partial charge in [-0.2, -0.15) is 0 Å². The lowest BCUT2D eigenvalue weighted by atomic mass is 9.91. The van der Waals surface area contributed by atoms with Crippen molar-refractivity contribution in [3.63, 3.8) is 0 Å². The number of imide groups is 1. The first kappa shape index (κ1) is 24.2. The molecule has 0 radical (unpaired) electrons. The summed E-state index contributed by atoms with van der Waals surface area (Å²) in [4.78, 5) is 40.3. The van der Waals surface area contributed by atoms with Crippen LogP contribution in [0.25, 0.3) is 11.1 Å². The van der Waals surface area contributed by atoms with Crippen LogP contribution in [0.15, 0.2) is 60.7 Å². The number of fused-ring (bicyclic) bond motifs is 3. The van der Waals surface area contributed by atoms with Gasteiger partial charge < -0.3 is 16.2 Å². The standard InChI is InChI=1S/C26H23F2N3O4/c1-13-18-6-3-4-7-19(18)22-20(30-24(33)14(2)29)8-5-9-21(22)31(25(13)34)26(35)23(32)15-10-16(27)12-17(28)11-15/h3-14,23,32H,29H2,1-2H3,(H,30,33)/t13?,14-,23+/m1/s1. The summed E-state index contributed by atoms with van der Waals surface area (Å²) in [5.74, 6) is -4.97. The van der Waals surface area contributed by atoms with Gasteiger partial charge in [0.05, 0.1) is 23.3 Å². The van der Waals surface area contributed by atoms with Gasteiger partial charge in [-0.25, -0.2) is 13.7 Å². The topological polar surface area (TPSA) is 113 Å². The van der Waals surface area contributed by atoms with Crippen LogP contribution in [0.4, 0.5) is 20.2 Å². The first-order chi connectivity index (χ1) is 16.6. The summed E-state index contributed by atoms with van der Waals surface area (Å²) in [6, 6.07) is 13.1. The minimum Gasteiger partial charge on any atom is -0.378 e. The molecule has 0 aromatic heterocycles. The molecule has 4 rings (SSSR count). The fourth-order valence-electron chi connectivity index (χ4n) is 4.13. The lowest BCUT2D eigenvalue weighted by Gasteiger charge is -2.26. The summed E-state index contributed by atoms with van der Waals surface area (Å²) < 4.78 is 27.5. The summed E-state index contributed by atoms with van der Waals surface area (Å²) in [5, 5.41) is 13.5. The maximum atomic E-state index is 13.8. The molecule has 3 atom stereocenters. The van der Waals surface area contributed by atoms with E-state index >= 15 is 0 Å². The van der Waals surface area contributed by atoms with Crippen molar-refractivity contribution in [2.24, 2.45) is 5.73 Å². The molecule has 1 aliphatic rings. The quantitative estimate of drug-likeness (QED) is 0.529. The lowest BCUT2D eigenvalue weighted by molar-refractivity contribution is -0.132. The maximum Gasteiger partial charge on any atom is 0.267 e. The van der Waals surface area contributed by atoms with Crippen molar-refractivity contribution in [2.45, 2.75) is 31.9 Å². The number of nitrogens with two attached hydrogens (primary N) is 1. The van der Waals surface area contributed by atoms with Gasteiger partial charge in [0.2, 0.25) is 11.8 Å². The van der Waals surface area contributed by atoms with E-state index in [1.54, 1.807) is 37.3 Å². The second-order valence-electron chi connectivity index (χ2n) is 8.40. The molecule has 0 bridgehead atoms. The Hall–Kier alpha value is -3.95. The van der Waals surface area contributed by atoms with E-state index in [0.29, 0.717) is 28.4 Å². The Labute approximate surface area is 200 Å². The Bertz CT molecular complexity index is 1320. The van der Waals surface area contributed by atoms with Gasteiger partial charge in [-0.1, -0.05) is 30.3 Å². The Morgan fingerprint density at radius 3 is 2.37 bits per heavy atom. The molecule has 1 unspecified atom stereocenters. The number of carbonyl (C=O) groups excluding carboxylic acids is 3. The minimum absolute atomic E-state index is 0.107. The largest absolute Gasteiger partial charge is 0.378 e. The van der Waals surface area contributed by atoms with Gasteiger partial charge in [0.15, 0.2) is 6.10 Å². The number of halogens is 2. The molecule has 0 saturated carbocycles. The van der Waals surface area contributed by atoms with Gasteiger partial charge in [-0.3, -0.25) is 14.4 Å². The number of nitrogens with one attached hydrogen (secondary N) is 1. The van der Waals surface area contributed by atoms with Gasteiger partial charge in [0.1, 0.15) is 11.6 Å². The maximum absolute atomic E-state index is 13.8. The highest BCUT2D eigenvalue weighted by atomic mass is 19.1. The fraction of sp³-hybridized carbons (Fsp3) is 0.192. The third kappa shape index (κ3) is 4.43. The van der Waals surface area contributed by atoms with Crippen molar-refractivity contribution < 1.29 is 28.3 Å². The Balaban J connectivity index is 1.91. The van der Waals surface area contributed by atoms with Crippen LogP contribution in [0.2, 0.25) is 0 Å². The van der Waals surface area contributed by atoms with Gasteiger partial charge >= 0.3 is 0 Å². The van der Waals surface area contributed by atoms with E-state index in [4.69, 9.17) is 5.73 Å². The molecule has 3 aromatic rings. The summed E-state index contributed by atoms with van der Waals surface area (Å²) >= 11 is 0. The van der Waals surface area contributed by atoms with Gasteiger partial charge in [-0.15, -0.1) is 0 Å². The average Bonchev–Trinajstić information content (AvgIpc) is 2.91. The van der Waals surface area contributed by atoms with Gasteiger partial charge in [0.25, 0.3) is 5.91 Å². The molecule has 0 aliphatic carbocycles. The van der Waals surface area contributed by atoms with Crippen LogP contribution >= 0.6 is 0 Å². The fourth-order valence-corrected chi connectivity index (χ4v) is 4.13. The molecule has 4 N–H and O–H groups in total. The number of nitrogens with zero attached hydrogens (tertiary/aromatic N) is 1. The molecule has 3 amide bonds. The zero-order valence-electron chi connectivity index (χ0n) is 19.0. The van der Waals surface area contributed by atoms with Gasteiger partial charge in [0, 0.05) is 11.6 Å². The van der Waals surface area contributed by atoms with Crippen LogP contribution in [0, 0.1) is 11.6 Å². The first-order valence-electron chi connectivity index (χ1n) is 10.9. The van der Waals surface area contributed by atoms with Crippen molar-refractivity contribution in [3.8, 4) is 11.1 Å². The van der Waals surface area contributed by atoms with E-state index in [0.717, 1.165) is 17.0 Å². The normalized spacial score (nSPS) is 16.6. The van der Waals surface area contributed by atoms with Crippen molar-refractivity contribution in [3.05, 3.63) is 83.4 Å². The lowest BCUT2D eigenvalue weighted by Crippen LogP contribution is -2.42. The number of aliphatic hydroxyl groups is 1. The van der Waals surface area contributed by atoms with Crippen LogP contribution < -0.4 is 16.0 Å². The number of aliphatic hydroxyl groups excluding tert-OH is 1. The van der Waals surface area contributed by atoms with Crippen LogP contribution in [0.5, 0.6) is 0 Å². The highest BCUT2D eigenvalue weighted by Crippen LogP contribution is 2.45. The smallest absolute Gasteiger partial charge is 0.267 e. The molecule has 0 fully saturated rings. The van der Waals surface area contributed by atoms with E-state index in [-0.39, 0.29) is 11.3 Å². The molecule has 1 heterocycles. The second kappa shape index (κ2) is 9.36. The van der Waals surface area contributed by atoms with E-state index in [1.165, 1.54) is 19.1 Å². The monoisotopic (exact) mass is 479 g/mol. The third-order valence-electron chi connectivity index (χ3n) is 5.90. The van der Waals surface area contributed by atoms with Crippen LogP contribution in [-0.4, -0.2) is 28.9 Å². The average molecular weight is 479 g/mol. The van der Waals surface area contributed by atoms with E-state index in [2.05, 4.69) is 5.32 Å². The summed E-state index contributed by atoms with van der Waals surface area (Å²) in [6.45, 7) is 3.13. The van der Waals surface area contributed by atoms with E-state index < -0.39 is 47.4 Å². The highest BCUT2D eigenvalue weighted by Gasteiger charge is 2.39. The molecule has 35 heavy (non-hydrogen) atoms. The van der Waals surface area contributed by atoms with Crippen LogP contribution in [0.1, 0.15) is 37.0 Å². The van der Waals surface area contributed by atoms with Crippen LogP contribution in [-0.2, 0) is 14.4 Å². The number of rotatable bonds is 4. The highest BCUT2D eigenvalue weighted by molar-refractivity contribution is 6.22. The van der Waals surface area contributed by atoms with Gasteiger partial charge in [-0.05, 0) is 54.8 Å². The van der Waals surface area contributed by atoms with Crippen molar-refractivity contribution in [2.75, 3.05) is 10.2 Å². The predicted molar refractivity (Wildman–Crippen MR) is 126 cm³/mol. The molecular formula is C26H23F2N3O4. The molecule has 180 valence electrons. The third-order valence-corrected chi connectivity index (χ3v) is 5.90. The minimum atomic E-state index is -2.02. The van der Waals surface area contributed by atoms with E-state index in [1.807, 2.05) is 0 Å². The molecule has 7 nitrogen and oxygen atoms in total. The molecule has 3 aromatic carbocycles. The van der Waals surface area contributed by atoms with Crippen LogP contribution in [0.3, 0.4) is 0 Å². The summed E-state index contributed by atoms with van der Waals surface area (Å²) in [5.41, 5.74) is 7.37. The Morgan fingerprint density at radius 2 is 1.71 bits per heavy atom. The SMILES string of the molecule is CC1C(=O)N(C(=O)[C@@H](O)c2cc(F)cc(F)c2)c2cccc(NC(=O)[C@@H](C)N)c2-c2ccccc21. The number of carbonyl (C=O) groups is 3. The van der Waals surface area contributed by atoms with Crippen molar-refractivity contribution in [1.29, 1.82) is 0 Å². The number of hydrogen-bond acceptors (Lipinski definition) is 5. The van der Waals surface area contributed by atoms with Crippen molar-refractivity contribution >= 4 is 29.1 Å². The number of benzene rings is 3. The van der Waals surface area contributed by atoms with E-state index in [9.17, 15) is 28.3 Å². The molecule has 0 saturated heterocycles. The summed E-state index contributed by atoms with van der Waals surface area (Å²) in [6.07, 6.45) is -2.02. The molecular weight excluding hydrogens is 456 g/mol. The molecule has 1 aliphatic heterocycles. The number of anilines is 2. The first-order valence-corrected chi connectivity index (χ1v) is 10.9. The summed E-state index contributed by atoms with van der Waals surface area (Å²) in [7, 11) is 0. The predicted octanol–water partition coefficient (Wildman–Crippen LogP) is 3.63. The zero-order valence-corrected chi connectivity index (χ0v) is 19.0. The van der Waals surface area contributed by atoms with Crippen molar-refractivity contribution in [1.82, 2.24) is 0 Å². The number of amides is 3.